The molecular formula is C12H16N6O. The predicted octanol–water partition coefficient (Wildman–Crippen LogP) is 1.26. The number of nitrogens with two attached hydrogens (primary N) is 1. The molecule has 1 amide bonds. The van der Waals surface area contributed by atoms with Gasteiger partial charge in [-0.2, -0.15) is 5.10 Å². The first-order valence-corrected chi connectivity index (χ1v) is 5.81. The summed E-state index contributed by atoms with van der Waals surface area (Å²) in [5, 5.41) is 6.88. The topological polar surface area (TPSA) is 98.7 Å². The number of aromatic nitrogens is 4. The fourth-order valence-corrected chi connectivity index (χ4v) is 1.47. The van der Waals surface area contributed by atoms with E-state index in [-0.39, 0.29) is 17.1 Å². The van der Waals surface area contributed by atoms with Crippen molar-refractivity contribution < 1.29 is 4.79 Å². The van der Waals surface area contributed by atoms with E-state index in [1.165, 1.54) is 12.4 Å². The van der Waals surface area contributed by atoms with Crippen molar-refractivity contribution in [1.82, 2.24) is 19.7 Å². The Morgan fingerprint density at radius 1 is 1.32 bits per heavy atom. The van der Waals surface area contributed by atoms with Gasteiger partial charge < -0.3 is 11.1 Å². The highest BCUT2D eigenvalue weighted by Crippen LogP contribution is 2.16. The first-order chi connectivity index (χ1) is 8.88. The van der Waals surface area contributed by atoms with Gasteiger partial charge in [0.1, 0.15) is 0 Å². The average molecular weight is 260 g/mol. The lowest BCUT2D eigenvalue weighted by Crippen LogP contribution is -2.22. The molecule has 0 radical (unpaired) electrons. The molecule has 0 spiro atoms. The molecule has 0 aliphatic carbocycles. The van der Waals surface area contributed by atoms with Crippen LogP contribution in [0.5, 0.6) is 0 Å². The van der Waals surface area contributed by atoms with Crippen molar-refractivity contribution in [2.75, 3.05) is 11.1 Å². The molecule has 7 heteroatoms. The summed E-state index contributed by atoms with van der Waals surface area (Å²) in [5.41, 5.74) is 6.14. The molecule has 0 aromatic carbocycles. The van der Waals surface area contributed by atoms with E-state index >= 15 is 0 Å². The molecule has 2 aromatic heterocycles. The maximum atomic E-state index is 12.0. The standard InChI is InChI=1S/C12H16N6O/c1-12(2,3)18-7-8(6-16-18)17-11(19)9-10(13)15-5-4-14-9/h4-7H,1-3H3,(H2,13,15)(H,17,19). The summed E-state index contributed by atoms with van der Waals surface area (Å²) in [5.74, 6) is -0.303. The Morgan fingerprint density at radius 3 is 2.58 bits per heavy atom. The van der Waals surface area contributed by atoms with Gasteiger partial charge >= 0.3 is 0 Å². The van der Waals surface area contributed by atoms with Crippen LogP contribution in [-0.2, 0) is 5.54 Å². The fourth-order valence-electron chi connectivity index (χ4n) is 1.47. The summed E-state index contributed by atoms with van der Waals surface area (Å²) >= 11 is 0. The minimum absolute atomic E-state index is 0.100. The van der Waals surface area contributed by atoms with Crippen molar-refractivity contribution in [1.29, 1.82) is 0 Å². The molecule has 0 aliphatic rings. The molecule has 19 heavy (non-hydrogen) atoms. The van der Waals surface area contributed by atoms with E-state index in [1.807, 2.05) is 20.8 Å². The van der Waals surface area contributed by atoms with Crippen LogP contribution >= 0.6 is 0 Å². The smallest absolute Gasteiger partial charge is 0.278 e. The van der Waals surface area contributed by atoms with Gasteiger partial charge in [0, 0.05) is 18.6 Å². The van der Waals surface area contributed by atoms with Crippen LogP contribution in [0.3, 0.4) is 0 Å². The monoisotopic (exact) mass is 260 g/mol. The molecule has 100 valence electrons. The summed E-state index contributed by atoms with van der Waals surface area (Å²) in [6.45, 7) is 6.06. The van der Waals surface area contributed by atoms with Crippen LogP contribution in [0.2, 0.25) is 0 Å². The molecule has 2 aromatic rings. The van der Waals surface area contributed by atoms with Gasteiger partial charge in [0.2, 0.25) is 0 Å². The van der Waals surface area contributed by atoms with Gasteiger partial charge in [0.25, 0.3) is 5.91 Å². The highest BCUT2D eigenvalue weighted by Gasteiger charge is 2.16. The molecule has 0 unspecified atom stereocenters. The van der Waals surface area contributed by atoms with Gasteiger partial charge in [0.15, 0.2) is 11.5 Å². The van der Waals surface area contributed by atoms with E-state index in [0.29, 0.717) is 5.69 Å². The number of anilines is 2. The van der Waals surface area contributed by atoms with Crippen LogP contribution in [0.25, 0.3) is 0 Å². The number of hydrogen-bond acceptors (Lipinski definition) is 5. The first kappa shape index (κ1) is 13.0. The summed E-state index contributed by atoms with van der Waals surface area (Å²) in [6.07, 6.45) is 6.19. The number of nitrogens with zero attached hydrogens (tertiary/aromatic N) is 4. The molecule has 2 heterocycles. The predicted molar refractivity (Wildman–Crippen MR) is 71.6 cm³/mol. The quantitative estimate of drug-likeness (QED) is 0.847. The van der Waals surface area contributed by atoms with Crippen molar-refractivity contribution >= 4 is 17.4 Å². The zero-order chi connectivity index (χ0) is 14.0. The third kappa shape index (κ3) is 2.87. The molecule has 0 fully saturated rings. The highest BCUT2D eigenvalue weighted by molar-refractivity contribution is 6.05. The fraction of sp³-hybridized carbons (Fsp3) is 0.333. The molecule has 0 atom stereocenters. The van der Waals surface area contributed by atoms with Gasteiger partial charge in [-0.15, -0.1) is 0 Å². The summed E-state index contributed by atoms with van der Waals surface area (Å²) < 4.78 is 1.77. The molecule has 0 saturated heterocycles. The van der Waals surface area contributed by atoms with Gasteiger partial charge in [0.05, 0.1) is 17.4 Å². The van der Waals surface area contributed by atoms with Crippen molar-refractivity contribution in [2.24, 2.45) is 0 Å². The van der Waals surface area contributed by atoms with Crippen molar-refractivity contribution in [3.63, 3.8) is 0 Å². The number of nitrogens with one attached hydrogen (secondary N) is 1. The van der Waals surface area contributed by atoms with Crippen LogP contribution in [-0.4, -0.2) is 25.7 Å². The lowest BCUT2D eigenvalue weighted by atomic mass is 10.1. The van der Waals surface area contributed by atoms with E-state index in [9.17, 15) is 4.79 Å². The van der Waals surface area contributed by atoms with Crippen LogP contribution in [0.15, 0.2) is 24.8 Å². The van der Waals surface area contributed by atoms with E-state index in [2.05, 4.69) is 20.4 Å². The number of amides is 1. The number of carbonyl (C=O) groups excluding carboxylic acids is 1. The number of rotatable bonds is 2. The van der Waals surface area contributed by atoms with Gasteiger partial charge in [-0.25, -0.2) is 9.97 Å². The largest absolute Gasteiger partial charge is 0.382 e. The molecule has 0 saturated carbocycles. The molecule has 0 aliphatic heterocycles. The second kappa shape index (κ2) is 4.68. The van der Waals surface area contributed by atoms with Crippen LogP contribution in [0.1, 0.15) is 31.3 Å². The third-order valence-corrected chi connectivity index (χ3v) is 2.47. The summed E-state index contributed by atoms with van der Waals surface area (Å²) in [4.78, 5) is 19.7. The van der Waals surface area contributed by atoms with Crippen LogP contribution in [0, 0.1) is 0 Å². The number of nitrogen functional groups attached to an aromatic ring is 1. The Hall–Kier alpha value is -2.44. The highest BCUT2D eigenvalue weighted by atomic mass is 16.1. The molecule has 0 bridgehead atoms. The summed E-state index contributed by atoms with van der Waals surface area (Å²) in [7, 11) is 0. The number of hydrogen-bond donors (Lipinski definition) is 2. The average Bonchev–Trinajstić information content (AvgIpc) is 2.77. The molecular weight excluding hydrogens is 244 g/mol. The minimum atomic E-state index is -0.404. The van der Waals surface area contributed by atoms with Gasteiger partial charge in [-0.05, 0) is 20.8 Å². The van der Waals surface area contributed by atoms with E-state index in [1.54, 1.807) is 17.1 Å². The summed E-state index contributed by atoms with van der Waals surface area (Å²) in [6, 6.07) is 0. The Morgan fingerprint density at radius 2 is 2.00 bits per heavy atom. The Kier molecular flexibility index (Phi) is 3.20. The van der Waals surface area contributed by atoms with E-state index in [4.69, 9.17) is 5.73 Å². The number of carbonyl (C=O) groups is 1. The van der Waals surface area contributed by atoms with E-state index in [0.717, 1.165) is 0 Å². The van der Waals surface area contributed by atoms with Crippen molar-refractivity contribution in [2.45, 2.75) is 26.3 Å². The SMILES string of the molecule is CC(C)(C)n1cc(NC(=O)c2nccnc2N)cn1. The third-order valence-electron chi connectivity index (χ3n) is 2.47. The second-order valence-corrected chi connectivity index (χ2v) is 5.09. The molecule has 7 nitrogen and oxygen atoms in total. The zero-order valence-electron chi connectivity index (χ0n) is 11.1. The Bertz CT molecular complexity index is 598. The van der Waals surface area contributed by atoms with Gasteiger partial charge in [-0.1, -0.05) is 0 Å². The Balaban J connectivity index is 2.16. The zero-order valence-corrected chi connectivity index (χ0v) is 11.1. The second-order valence-electron chi connectivity index (χ2n) is 5.09. The minimum Gasteiger partial charge on any atom is -0.382 e. The maximum absolute atomic E-state index is 12.0. The van der Waals surface area contributed by atoms with Crippen LogP contribution < -0.4 is 11.1 Å². The van der Waals surface area contributed by atoms with E-state index < -0.39 is 5.91 Å². The maximum Gasteiger partial charge on any atom is 0.278 e. The Labute approximate surface area is 110 Å². The normalized spacial score (nSPS) is 11.3. The van der Waals surface area contributed by atoms with Crippen molar-refractivity contribution in [3.8, 4) is 0 Å². The lowest BCUT2D eigenvalue weighted by molar-refractivity contribution is 0.102. The van der Waals surface area contributed by atoms with Gasteiger partial charge in [-0.3, -0.25) is 9.48 Å². The molecule has 2 rings (SSSR count). The molecule has 3 N–H and O–H groups in total. The first-order valence-electron chi connectivity index (χ1n) is 5.81. The lowest BCUT2D eigenvalue weighted by Gasteiger charge is -2.18. The van der Waals surface area contributed by atoms with Crippen molar-refractivity contribution in [3.05, 3.63) is 30.5 Å². The van der Waals surface area contributed by atoms with Crippen LogP contribution in [0.4, 0.5) is 11.5 Å².